The number of fused-ring (bicyclic) bond motifs is 2. The van der Waals surface area contributed by atoms with Gasteiger partial charge in [0.1, 0.15) is 11.6 Å². The van der Waals surface area contributed by atoms with Gasteiger partial charge in [0, 0.05) is 19.1 Å². The van der Waals surface area contributed by atoms with Gasteiger partial charge in [-0.05, 0) is 86.7 Å². The summed E-state index contributed by atoms with van der Waals surface area (Å²) < 4.78 is 28.0. The quantitative estimate of drug-likeness (QED) is 0.597. The maximum Gasteiger partial charge on any atom is 0.380 e. The number of benzene rings is 1. The Labute approximate surface area is 214 Å². The van der Waals surface area contributed by atoms with Crippen LogP contribution in [0.2, 0.25) is 0 Å². The van der Waals surface area contributed by atoms with Crippen molar-refractivity contribution in [2.45, 2.75) is 70.4 Å². The molecule has 0 bridgehead atoms. The van der Waals surface area contributed by atoms with Crippen molar-refractivity contribution in [3.05, 3.63) is 29.3 Å². The van der Waals surface area contributed by atoms with Crippen LogP contribution < -0.4 is 14.6 Å². The van der Waals surface area contributed by atoms with Gasteiger partial charge in [0.2, 0.25) is 5.91 Å². The fourth-order valence-corrected chi connectivity index (χ4v) is 7.17. The molecular formula is C26H39N5O4S. The Morgan fingerprint density at radius 3 is 2.53 bits per heavy atom. The summed E-state index contributed by atoms with van der Waals surface area (Å²) in [5.74, 6) is 2.74. The second-order valence-corrected chi connectivity index (χ2v) is 12.4. The summed E-state index contributed by atoms with van der Waals surface area (Å²) in [7, 11) is -4.13. The molecule has 10 heteroatoms. The van der Waals surface area contributed by atoms with Gasteiger partial charge in [-0.2, -0.15) is 13.6 Å². The molecule has 3 heterocycles. The molecule has 1 aromatic carbocycles. The molecule has 1 amide bonds. The van der Waals surface area contributed by atoms with Gasteiger partial charge in [-0.15, -0.1) is 0 Å². The van der Waals surface area contributed by atoms with Gasteiger partial charge in [0.15, 0.2) is 0 Å². The summed E-state index contributed by atoms with van der Waals surface area (Å²) in [4.78, 5) is 23.0. The van der Waals surface area contributed by atoms with Crippen LogP contribution in [0.3, 0.4) is 0 Å². The molecule has 1 spiro atoms. The third kappa shape index (κ3) is 5.13. The first-order chi connectivity index (χ1) is 17.1. The van der Waals surface area contributed by atoms with Crippen molar-refractivity contribution in [2.75, 3.05) is 32.7 Å². The zero-order valence-electron chi connectivity index (χ0n) is 21.4. The molecule has 1 saturated heterocycles. The lowest BCUT2D eigenvalue weighted by molar-refractivity contribution is -0.141. The number of likely N-dealkylation sites (tertiary alicyclic amines) is 1. The first-order valence-corrected chi connectivity index (χ1v) is 14.8. The normalized spacial score (nSPS) is 26.6. The number of aliphatic imine (C=N–C) groups is 1. The smallest absolute Gasteiger partial charge is 0.371 e. The number of amidine groups is 1. The second-order valence-electron chi connectivity index (χ2n) is 11.2. The SMILES string of the molecule is CC(C)C1CCC(N2CCC3(CC2)C(=O)N(CC2=NCCN2)Cc2cc(OS(N)(=O)=O)ccc23)CC1. The van der Waals surface area contributed by atoms with E-state index in [1.54, 1.807) is 12.1 Å². The molecule has 0 radical (unpaired) electrons. The first-order valence-electron chi connectivity index (χ1n) is 13.3. The van der Waals surface area contributed by atoms with Gasteiger partial charge >= 0.3 is 10.3 Å². The molecule has 198 valence electrons. The van der Waals surface area contributed by atoms with Crippen LogP contribution in [0.5, 0.6) is 5.75 Å². The second kappa shape index (κ2) is 9.95. The van der Waals surface area contributed by atoms with Gasteiger partial charge in [-0.1, -0.05) is 19.9 Å². The number of hydrogen-bond donors (Lipinski definition) is 2. The van der Waals surface area contributed by atoms with Crippen molar-refractivity contribution in [2.24, 2.45) is 22.0 Å². The molecule has 36 heavy (non-hydrogen) atoms. The Morgan fingerprint density at radius 1 is 1.19 bits per heavy atom. The Hall–Kier alpha value is -2.17. The number of nitrogens with one attached hydrogen (secondary N) is 1. The molecule has 0 aromatic heterocycles. The van der Waals surface area contributed by atoms with E-state index in [0.717, 1.165) is 67.8 Å². The molecule has 3 aliphatic heterocycles. The predicted octanol–water partition coefficient (Wildman–Crippen LogP) is 2.16. The molecule has 0 atom stereocenters. The standard InChI is InChI=1S/C26H39N5O4S/c1-18(2)19-3-5-21(6-4-19)30-13-9-26(10-14-30)23-8-7-22(35-36(27,33)34)15-20(23)16-31(25(26)32)17-24-28-11-12-29-24/h7-8,15,18-19,21H,3-6,9-14,16-17H2,1-2H3,(H,28,29)(H2,27,33,34). The van der Waals surface area contributed by atoms with Gasteiger partial charge in [-0.25, -0.2) is 0 Å². The molecule has 0 unspecified atom stereocenters. The van der Waals surface area contributed by atoms with Crippen LogP contribution >= 0.6 is 0 Å². The van der Waals surface area contributed by atoms with Crippen molar-refractivity contribution < 1.29 is 17.4 Å². The third-order valence-corrected chi connectivity index (χ3v) is 9.22. The molecule has 2 fully saturated rings. The Bertz CT molecular complexity index is 1120. The highest BCUT2D eigenvalue weighted by atomic mass is 32.2. The van der Waals surface area contributed by atoms with Crippen molar-refractivity contribution in [1.82, 2.24) is 15.1 Å². The van der Waals surface area contributed by atoms with E-state index in [1.807, 2.05) is 11.0 Å². The Kier molecular flexibility index (Phi) is 7.04. The van der Waals surface area contributed by atoms with E-state index in [4.69, 9.17) is 9.32 Å². The molecule has 5 rings (SSSR count). The Balaban J connectivity index is 1.38. The maximum atomic E-state index is 14.0. The summed E-state index contributed by atoms with van der Waals surface area (Å²) in [6.07, 6.45) is 6.59. The number of nitrogens with zero attached hydrogens (tertiary/aromatic N) is 3. The lowest BCUT2D eigenvalue weighted by Crippen LogP contribution is -2.58. The number of rotatable bonds is 6. The van der Waals surface area contributed by atoms with Crippen LogP contribution in [-0.4, -0.2) is 68.7 Å². The summed E-state index contributed by atoms with van der Waals surface area (Å²) in [6.45, 7) is 8.79. The molecule has 3 N–H and O–H groups in total. The van der Waals surface area contributed by atoms with Crippen molar-refractivity contribution in [3.63, 3.8) is 0 Å². The van der Waals surface area contributed by atoms with Crippen LogP contribution in [0.4, 0.5) is 0 Å². The molecule has 1 aromatic rings. The highest BCUT2D eigenvalue weighted by molar-refractivity contribution is 7.84. The topological polar surface area (TPSA) is 117 Å². The average molecular weight is 518 g/mol. The highest BCUT2D eigenvalue weighted by Gasteiger charge is 2.50. The van der Waals surface area contributed by atoms with Crippen LogP contribution in [-0.2, 0) is 27.1 Å². The van der Waals surface area contributed by atoms with Gasteiger partial charge in [0.05, 0.1) is 18.5 Å². The summed E-state index contributed by atoms with van der Waals surface area (Å²) in [6, 6.07) is 5.83. The molecule has 1 saturated carbocycles. The number of carbonyl (C=O) groups excluding carboxylic acids is 1. The van der Waals surface area contributed by atoms with E-state index in [-0.39, 0.29) is 11.7 Å². The fourth-order valence-electron chi connectivity index (χ4n) is 6.80. The lowest BCUT2D eigenvalue weighted by atomic mass is 9.67. The molecule has 9 nitrogen and oxygen atoms in total. The van der Waals surface area contributed by atoms with Crippen LogP contribution in [0.25, 0.3) is 0 Å². The number of nitrogens with two attached hydrogens (primary N) is 1. The lowest BCUT2D eigenvalue weighted by Gasteiger charge is -2.49. The van der Waals surface area contributed by atoms with Gasteiger partial charge in [-0.3, -0.25) is 9.79 Å². The predicted molar refractivity (Wildman–Crippen MR) is 139 cm³/mol. The van der Waals surface area contributed by atoms with Gasteiger partial charge < -0.3 is 19.3 Å². The zero-order valence-corrected chi connectivity index (χ0v) is 22.2. The minimum Gasteiger partial charge on any atom is -0.371 e. The average Bonchev–Trinajstić information content (AvgIpc) is 3.35. The first kappa shape index (κ1) is 25.5. The molecule has 4 aliphatic rings. The summed E-state index contributed by atoms with van der Waals surface area (Å²) in [5.41, 5.74) is 1.30. The number of hydrogen-bond acceptors (Lipinski definition) is 7. The highest BCUT2D eigenvalue weighted by Crippen LogP contribution is 2.45. The van der Waals surface area contributed by atoms with Crippen molar-refractivity contribution in [1.29, 1.82) is 0 Å². The molecule has 1 aliphatic carbocycles. The summed E-state index contributed by atoms with van der Waals surface area (Å²) in [5, 5.41) is 8.38. The van der Waals surface area contributed by atoms with Crippen LogP contribution in [0.1, 0.15) is 63.5 Å². The number of amides is 1. The zero-order chi connectivity index (χ0) is 25.5. The van der Waals surface area contributed by atoms with E-state index in [2.05, 4.69) is 29.1 Å². The van der Waals surface area contributed by atoms with E-state index in [0.29, 0.717) is 19.1 Å². The van der Waals surface area contributed by atoms with Crippen molar-refractivity contribution in [3.8, 4) is 5.75 Å². The number of carbonyl (C=O) groups is 1. The largest absolute Gasteiger partial charge is 0.380 e. The van der Waals surface area contributed by atoms with E-state index in [1.165, 1.54) is 25.7 Å². The molecular weight excluding hydrogens is 478 g/mol. The monoisotopic (exact) mass is 517 g/mol. The fraction of sp³-hybridized carbons (Fsp3) is 0.692. The maximum absolute atomic E-state index is 14.0. The van der Waals surface area contributed by atoms with Crippen LogP contribution in [0.15, 0.2) is 23.2 Å². The Morgan fingerprint density at radius 2 is 1.92 bits per heavy atom. The van der Waals surface area contributed by atoms with E-state index >= 15 is 0 Å². The minimum absolute atomic E-state index is 0.148. The summed E-state index contributed by atoms with van der Waals surface area (Å²) >= 11 is 0. The van der Waals surface area contributed by atoms with E-state index in [9.17, 15) is 13.2 Å². The van der Waals surface area contributed by atoms with E-state index < -0.39 is 15.7 Å². The minimum atomic E-state index is -4.13. The van der Waals surface area contributed by atoms with Crippen LogP contribution in [0, 0.1) is 11.8 Å². The van der Waals surface area contributed by atoms with Gasteiger partial charge in [0.25, 0.3) is 0 Å². The number of piperidine rings is 1. The van der Waals surface area contributed by atoms with Crippen molar-refractivity contribution >= 4 is 22.0 Å². The third-order valence-electron chi connectivity index (χ3n) is 8.80.